The van der Waals surface area contributed by atoms with Gasteiger partial charge in [0, 0.05) is 12.7 Å². The summed E-state index contributed by atoms with van der Waals surface area (Å²) >= 11 is 0. The van der Waals surface area contributed by atoms with Crippen LogP contribution in [0.1, 0.15) is 29.7 Å². The number of benzene rings is 1. The summed E-state index contributed by atoms with van der Waals surface area (Å²) in [4.78, 5) is 0. The highest BCUT2D eigenvalue weighted by Gasteiger charge is 2.04. The van der Waals surface area contributed by atoms with Crippen molar-refractivity contribution >= 4 is 5.69 Å². The van der Waals surface area contributed by atoms with Gasteiger partial charge in [-0.25, -0.2) is 0 Å². The Morgan fingerprint density at radius 2 is 2.00 bits per heavy atom. The molecule has 0 atom stereocenters. The highest BCUT2D eigenvalue weighted by atomic mass is 15.3. The van der Waals surface area contributed by atoms with Gasteiger partial charge in [-0.2, -0.15) is 0 Å². The lowest BCUT2D eigenvalue weighted by atomic mass is 10.1. The fourth-order valence-corrected chi connectivity index (χ4v) is 1.99. The smallest absolute Gasteiger partial charge is 0.152 e. The van der Waals surface area contributed by atoms with Crippen molar-refractivity contribution in [3.8, 4) is 0 Å². The molecule has 0 fully saturated rings. The van der Waals surface area contributed by atoms with Crippen molar-refractivity contribution in [3.05, 3.63) is 41.0 Å². The summed E-state index contributed by atoms with van der Waals surface area (Å²) in [5.74, 6) is 1.88. The molecular weight excluding hydrogens is 224 g/mol. The number of hydrogen-bond acceptors (Lipinski definition) is 3. The minimum atomic E-state index is 0.697. The zero-order valence-electron chi connectivity index (χ0n) is 11.5. The maximum Gasteiger partial charge on any atom is 0.152 e. The summed E-state index contributed by atoms with van der Waals surface area (Å²) in [6.45, 7) is 6.98. The van der Waals surface area contributed by atoms with Gasteiger partial charge in [-0.15, -0.1) is 10.2 Å². The second-order valence-electron chi connectivity index (χ2n) is 4.57. The first-order valence-electron chi connectivity index (χ1n) is 6.30. The van der Waals surface area contributed by atoms with Crippen LogP contribution in [0.25, 0.3) is 0 Å². The Kier molecular flexibility index (Phi) is 3.65. The number of hydrogen-bond donors (Lipinski definition) is 1. The zero-order chi connectivity index (χ0) is 13.1. The van der Waals surface area contributed by atoms with E-state index in [0.29, 0.717) is 6.54 Å². The van der Waals surface area contributed by atoms with Crippen LogP contribution in [-0.4, -0.2) is 14.8 Å². The summed E-state index contributed by atoms with van der Waals surface area (Å²) in [5, 5.41) is 11.6. The van der Waals surface area contributed by atoms with Crippen molar-refractivity contribution in [1.82, 2.24) is 14.8 Å². The monoisotopic (exact) mass is 244 g/mol. The summed E-state index contributed by atoms with van der Waals surface area (Å²) < 4.78 is 2.00. The van der Waals surface area contributed by atoms with Crippen LogP contribution in [0.5, 0.6) is 0 Å². The highest BCUT2D eigenvalue weighted by Crippen LogP contribution is 2.16. The van der Waals surface area contributed by atoms with Gasteiger partial charge in [-0.3, -0.25) is 0 Å². The quantitative estimate of drug-likeness (QED) is 0.899. The van der Waals surface area contributed by atoms with Crippen molar-refractivity contribution < 1.29 is 0 Å². The lowest BCUT2D eigenvalue weighted by molar-refractivity contribution is 0.789. The number of aryl methyl sites for hydroxylation is 3. The summed E-state index contributed by atoms with van der Waals surface area (Å²) in [7, 11) is 1.98. The summed E-state index contributed by atoms with van der Waals surface area (Å²) in [5.41, 5.74) is 3.86. The number of rotatable bonds is 4. The molecule has 0 aliphatic heterocycles. The Hall–Kier alpha value is -1.84. The van der Waals surface area contributed by atoms with E-state index in [1.807, 2.05) is 18.5 Å². The topological polar surface area (TPSA) is 42.7 Å². The molecule has 18 heavy (non-hydrogen) atoms. The molecule has 96 valence electrons. The molecule has 0 bridgehead atoms. The van der Waals surface area contributed by atoms with Crippen LogP contribution in [0.3, 0.4) is 0 Å². The van der Waals surface area contributed by atoms with Crippen LogP contribution in [0.2, 0.25) is 0 Å². The predicted octanol–water partition coefficient (Wildman–Crippen LogP) is 2.61. The molecule has 2 rings (SSSR count). The average molecular weight is 244 g/mol. The van der Waals surface area contributed by atoms with E-state index in [-0.39, 0.29) is 0 Å². The minimum absolute atomic E-state index is 0.697. The Morgan fingerprint density at radius 3 is 2.56 bits per heavy atom. The molecule has 0 aliphatic carbocycles. The average Bonchev–Trinajstić information content (AvgIpc) is 2.68. The molecule has 0 saturated carbocycles. The Labute approximate surface area is 108 Å². The van der Waals surface area contributed by atoms with Gasteiger partial charge >= 0.3 is 0 Å². The zero-order valence-corrected chi connectivity index (χ0v) is 11.5. The molecule has 4 heteroatoms. The van der Waals surface area contributed by atoms with E-state index in [4.69, 9.17) is 0 Å². The van der Waals surface area contributed by atoms with Gasteiger partial charge in [-0.05, 0) is 43.5 Å². The summed E-state index contributed by atoms with van der Waals surface area (Å²) in [6.07, 6.45) is 1.08. The van der Waals surface area contributed by atoms with E-state index in [1.165, 1.54) is 11.1 Å². The van der Waals surface area contributed by atoms with E-state index >= 15 is 0 Å². The summed E-state index contributed by atoms with van der Waals surface area (Å²) in [6, 6.07) is 6.48. The molecule has 1 heterocycles. The van der Waals surface area contributed by atoms with Crippen LogP contribution >= 0.6 is 0 Å². The molecule has 0 aliphatic rings. The fourth-order valence-electron chi connectivity index (χ4n) is 1.99. The lowest BCUT2D eigenvalue weighted by Crippen LogP contribution is -2.07. The molecule has 0 spiro atoms. The minimum Gasteiger partial charge on any atom is -0.378 e. The predicted molar refractivity (Wildman–Crippen MR) is 73.6 cm³/mol. The van der Waals surface area contributed by atoms with Gasteiger partial charge in [0.1, 0.15) is 5.82 Å². The third kappa shape index (κ3) is 2.53. The number of aromatic nitrogens is 3. The molecule has 0 amide bonds. The normalized spacial score (nSPS) is 10.7. The second kappa shape index (κ2) is 5.21. The lowest BCUT2D eigenvalue weighted by Gasteiger charge is -2.09. The first-order chi connectivity index (χ1) is 8.61. The van der Waals surface area contributed by atoms with Gasteiger partial charge in [0.15, 0.2) is 5.82 Å². The van der Waals surface area contributed by atoms with Crippen LogP contribution in [0, 0.1) is 13.8 Å². The van der Waals surface area contributed by atoms with Crippen LogP contribution in [0.4, 0.5) is 5.69 Å². The Balaban J connectivity index is 2.06. The standard InChI is InChI=1S/C14H20N4/c1-5-12-6-7-13(8-10(12)2)15-9-14-17-16-11(3)18(14)4/h6-8,15H,5,9H2,1-4H3. The molecule has 1 N–H and O–H groups in total. The van der Waals surface area contributed by atoms with Crippen molar-refractivity contribution in [2.45, 2.75) is 33.7 Å². The fraction of sp³-hybridized carbons (Fsp3) is 0.429. The molecule has 4 nitrogen and oxygen atoms in total. The van der Waals surface area contributed by atoms with Crippen molar-refractivity contribution in [2.24, 2.45) is 7.05 Å². The van der Waals surface area contributed by atoms with Gasteiger partial charge in [0.05, 0.1) is 6.54 Å². The van der Waals surface area contributed by atoms with Gasteiger partial charge in [0.2, 0.25) is 0 Å². The molecule has 0 radical (unpaired) electrons. The first-order valence-corrected chi connectivity index (χ1v) is 6.30. The van der Waals surface area contributed by atoms with Crippen LogP contribution in [0.15, 0.2) is 18.2 Å². The number of anilines is 1. The van der Waals surface area contributed by atoms with Crippen molar-refractivity contribution in [1.29, 1.82) is 0 Å². The first kappa shape index (κ1) is 12.6. The SMILES string of the molecule is CCc1ccc(NCc2nnc(C)n2C)cc1C. The maximum atomic E-state index is 4.14. The number of nitrogens with one attached hydrogen (secondary N) is 1. The van der Waals surface area contributed by atoms with E-state index < -0.39 is 0 Å². The largest absolute Gasteiger partial charge is 0.378 e. The second-order valence-corrected chi connectivity index (χ2v) is 4.57. The van der Waals surface area contributed by atoms with E-state index in [9.17, 15) is 0 Å². The molecule has 1 aromatic carbocycles. The van der Waals surface area contributed by atoms with Crippen LogP contribution < -0.4 is 5.32 Å². The van der Waals surface area contributed by atoms with E-state index in [1.54, 1.807) is 0 Å². The Morgan fingerprint density at radius 1 is 1.22 bits per heavy atom. The highest BCUT2D eigenvalue weighted by molar-refractivity contribution is 5.48. The van der Waals surface area contributed by atoms with Crippen LogP contribution in [-0.2, 0) is 20.0 Å². The van der Waals surface area contributed by atoms with Crippen molar-refractivity contribution in [3.63, 3.8) is 0 Å². The molecule has 2 aromatic rings. The third-order valence-electron chi connectivity index (χ3n) is 3.36. The maximum absolute atomic E-state index is 4.14. The van der Waals surface area contributed by atoms with E-state index in [2.05, 4.69) is 47.6 Å². The molecular formula is C14H20N4. The van der Waals surface area contributed by atoms with E-state index in [0.717, 1.165) is 23.8 Å². The Bertz CT molecular complexity index is 543. The van der Waals surface area contributed by atoms with Gasteiger partial charge in [0.25, 0.3) is 0 Å². The molecule has 1 aromatic heterocycles. The third-order valence-corrected chi connectivity index (χ3v) is 3.36. The van der Waals surface area contributed by atoms with Gasteiger partial charge in [-0.1, -0.05) is 13.0 Å². The molecule has 0 unspecified atom stereocenters. The number of nitrogens with zero attached hydrogens (tertiary/aromatic N) is 3. The molecule has 0 saturated heterocycles. The van der Waals surface area contributed by atoms with Gasteiger partial charge < -0.3 is 9.88 Å². The van der Waals surface area contributed by atoms with Crippen molar-refractivity contribution in [2.75, 3.05) is 5.32 Å².